The van der Waals surface area contributed by atoms with Crippen LogP contribution in [0.2, 0.25) is 0 Å². The SMILES string of the molecule is CC(C)(C)OC(=O)N1CCC(Nc2cccc(-c3nnco3)c2)CC1. The van der Waals surface area contributed by atoms with Crippen LogP contribution in [0.25, 0.3) is 11.5 Å². The van der Waals surface area contributed by atoms with E-state index >= 15 is 0 Å². The largest absolute Gasteiger partial charge is 0.444 e. The molecule has 7 heteroatoms. The van der Waals surface area contributed by atoms with Gasteiger partial charge in [-0.25, -0.2) is 4.79 Å². The van der Waals surface area contributed by atoms with Crippen molar-refractivity contribution in [3.05, 3.63) is 30.7 Å². The molecule has 0 atom stereocenters. The molecule has 3 rings (SSSR count). The van der Waals surface area contributed by atoms with Gasteiger partial charge in [0.2, 0.25) is 12.3 Å². The molecule has 1 aliphatic heterocycles. The number of hydrogen-bond acceptors (Lipinski definition) is 6. The second-order valence-electron chi connectivity index (χ2n) is 7.21. The summed E-state index contributed by atoms with van der Waals surface area (Å²) in [5, 5.41) is 11.2. The minimum absolute atomic E-state index is 0.232. The van der Waals surface area contributed by atoms with Crippen molar-refractivity contribution in [2.24, 2.45) is 0 Å². The number of aromatic nitrogens is 2. The Bertz CT molecular complexity index is 701. The third kappa shape index (κ3) is 4.71. The molecule has 1 saturated heterocycles. The summed E-state index contributed by atoms with van der Waals surface area (Å²) >= 11 is 0. The fourth-order valence-electron chi connectivity index (χ4n) is 2.81. The molecule has 1 aromatic carbocycles. The fraction of sp³-hybridized carbons (Fsp3) is 0.500. The second kappa shape index (κ2) is 7.13. The molecule has 25 heavy (non-hydrogen) atoms. The zero-order valence-corrected chi connectivity index (χ0v) is 14.9. The molecule has 1 amide bonds. The zero-order chi connectivity index (χ0) is 17.9. The van der Waals surface area contributed by atoms with Gasteiger partial charge in [-0.3, -0.25) is 0 Å². The Labute approximate surface area is 147 Å². The first-order chi connectivity index (χ1) is 11.9. The Morgan fingerprint density at radius 3 is 2.72 bits per heavy atom. The first-order valence-electron chi connectivity index (χ1n) is 8.52. The molecule has 1 N–H and O–H groups in total. The van der Waals surface area contributed by atoms with E-state index in [4.69, 9.17) is 9.15 Å². The van der Waals surface area contributed by atoms with E-state index in [9.17, 15) is 4.79 Å². The van der Waals surface area contributed by atoms with Crippen LogP contribution in [0.15, 0.2) is 35.1 Å². The number of ether oxygens (including phenoxy) is 1. The van der Waals surface area contributed by atoms with Crippen molar-refractivity contribution >= 4 is 11.8 Å². The molecule has 0 unspecified atom stereocenters. The predicted molar refractivity (Wildman–Crippen MR) is 94.2 cm³/mol. The number of hydrogen-bond donors (Lipinski definition) is 1. The number of benzene rings is 1. The van der Waals surface area contributed by atoms with Crippen LogP contribution < -0.4 is 5.32 Å². The van der Waals surface area contributed by atoms with Gasteiger partial charge in [0.05, 0.1) is 0 Å². The van der Waals surface area contributed by atoms with E-state index in [1.807, 2.05) is 45.0 Å². The first kappa shape index (κ1) is 17.3. The van der Waals surface area contributed by atoms with Gasteiger partial charge in [-0.05, 0) is 51.8 Å². The average molecular weight is 344 g/mol. The van der Waals surface area contributed by atoms with Crippen molar-refractivity contribution < 1.29 is 13.9 Å². The number of anilines is 1. The minimum atomic E-state index is -0.457. The van der Waals surface area contributed by atoms with E-state index in [-0.39, 0.29) is 6.09 Å². The van der Waals surface area contributed by atoms with Crippen molar-refractivity contribution in [3.63, 3.8) is 0 Å². The van der Waals surface area contributed by atoms with E-state index in [0.29, 0.717) is 25.0 Å². The van der Waals surface area contributed by atoms with E-state index in [0.717, 1.165) is 24.1 Å². The Morgan fingerprint density at radius 2 is 2.08 bits per heavy atom. The van der Waals surface area contributed by atoms with Gasteiger partial charge in [-0.1, -0.05) is 6.07 Å². The van der Waals surface area contributed by atoms with Crippen LogP contribution in [-0.2, 0) is 4.74 Å². The number of likely N-dealkylation sites (tertiary alicyclic amines) is 1. The summed E-state index contributed by atoms with van der Waals surface area (Å²) in [7, 11) is 0. The van der Waals surface area contributed by atoms with Gasteiger partial charge >= 0.3 is 6.09 Å². The highest BCUT2D eigenvalue weighted by Gasteiger charge is 2.26. The lowest BCUT2D eigenvalue weighted by molar-refractivity contribution is 0.0210. The molecule has 0 bridgehead atoms. The lowest BCUT2D eigenvalue weighted by Crippen LogP contribution is -2.44. The van der Waals surface area contributed by atoms with Crippen molar-refractivity contribution in [1.82, 2.24) is 15.1 Å². The van der Waals surface area contributed by atoms with Crippen LogP contribution in [0, 0.1) is 0 Å². The second-order valence-corrected chi connectivity index (χ2v) is 7.21. The maximum absolute atomic E-state index is 12.1. The van der Waals surface area contributed by atoms with Gasteiger partial charge in [0.15, 0.2) is 0 Å². The third-order valence-electron chi connectivity index (χ3n) is 3.99. The summed E-state index contributed by atoms with van der Waals surface area (Å²) in [5.74, 6) is 0.503. The van der Waals surface area contributed by atoms with Crippen LogP contribution in [0.3, 0.4) is 0 Å². The van der Waals surface area contributed by atoms with Gasteiger partial charge in [0.1, 0.15) is 5.60 Å². The lowest BCUT2D eigenvalue weighted by atomic mass is 10.0. The highest BCUT2D eigenvalue weighted by Crippen LogP contribution is 2.23. The Hall–Kier alpha value is -2.57. The first-order valence-corrected chi connectivity index (χ1v) is 8.52. The van der Waals surface area contributed by atoms with Crippen LogP contribution in [0.1, 0.15) is 33.6 Å². The Balaban J connectivity index is 1.54. The number of amides is 1. The molecule has 0 saturated carbocycles. The maximum Gasteiger partial charge on any atom is 0.410 e. The van der Waals surface area contributed by atoms with Crippen LogP contribution >= 0.6 is 0 Å². The van der Waals surface area contributed by atoms with Crippen molar-refractivity contribution in [1.29, 1.82) is 0 Å². The molecule has 1 fully saturated rings. The van der Waals surface area contributed by atoms with Crippen LogP contribution in [0.4, 0.5) is 10.5 Å². The Morgan fingerprint density at radius 1 is 1.32 bits per heavy atom. The van der Waals surface area contributed by atoms with Crippen LogP contribution in [-0.4, -0.2) is 45.9 Å². The summed E-state index contributed by atoms with van der Waals surface area (Å²) in [5.41, 5.74) is 1.43. The molecular formula is C18H24N4O3. The quantitative estimate of drug-likeness (QED) is 0.917. The van der Waals surface area contributed by atoms with Crippen molar-refractivity contribution in [2.75, 3.05) is 18.4 Å². The van der Waals surface area contributed by atoms with Gasteiger partial charge in [-0.2, -0.15) is 0 Å². The number of piperidine rings is 1. The predicted octanol–water partition coefficient (Wildman–Crippen LogP) is 3.55. The van der Waals surface area contributed by atoms with Gasteiger partial charge in [0.25, 0.3) is 0 Å². The summed E-state index contributed by atoms with van der Waals surface area (Å²) in [6.07, 6.45) is 2.85. The average Bonchev–Trinajstić information content (AvgIpc) is 3.09. The fourth-order valence-corrected chi connectivity index (χ4v) is 2.81. The maximum atomic E-state index is 12.1. The third-order valence-corrected chi connectivity index (χ3v) is 3.99. The van der Waals surface area contributed by atoms with E-state index in [1.165, 1.54) is 6.39 Å². The van der Waals surface area contributed by atoms with Crippen molar-refractivity contribution in [2.45, 2.75) is 45.3 Å². The highest BCUT2D eigenvalue weighted by molar-refractivity contribution is 5.68. The number of rotatable bonds is 3. The summed E-state index contributed by atoms with van der Waals surface area (Å²) in [6, 6.07) is 8.21. The highest BCUT2D eigenvalue weighted by atomic mass is 16.6. The zero-order valence-electron chi connectivity index (χ0n) is 14.9. The van der Waals surface area contributed by atoms with Gasteiger partial charge < -0.3 is 19.4 Å². The molecule has 1 aromatic heterocycles. The van der Waals surface area contributed by atoms with Crippen LogP contribution in [0.5, 0.6) is 0 Å². The molecule has 0 spiro atoms. The topological polar surface area (TPSA) is 80.5 Å². The lowest BCUT2D eigenvalue weighted by Gasteiger charge is -2.34. The smallest absolute Gasteiger partial charge is 0.410 e. The number of carbonyl (C=O) groups is 1. The Kier molecular flexibility index (Phi) is 4.92. The molecular weight excluding hydrogens is 320 g/mol. The van der Waals surface area contributed by atoms with Gasteiger partial charge in [0, 0.05) is 30.4 Å². The summed E-state index contributed by atoms with van der Waals surface area (Å²) in [6.45, 7) is 7.03. The minimum Gasteiger partial charge on any atom is -0.444 e. The monoisotopic (exact) mass is 344 g/mol. The van der Waals surface area contributed by atoms with E-state index < -0.39 is 5.60 Å². The summed E-state index contributed by atoms with van der Waals surface area (Å²) < 4.78 is 10.7. The number of nitrogens with one attached hydrogen (secondary N) is 1. The van der Waals surface area contributed by atoms with Gasteiger partial charge in [-0.15, -0.1) is 10.2 Å². The van der Waals surface area contributed by atoms with E-state index in [2.05, 4.69) is 15.5 Å². The normalized spacial score (nSPS) is 15.9. The molecule has 1 aliphatic rings. The number of carbonyl (C=O) groups excluding carboxylic acids is 1. The molecule has 134 valence electrons. The standard InChI is InChI=1S/C18H24N4O3/c1-18(2,3)25-17(23)22-9-7-14(8-10-22)20-15-6-4-5-13(11-15)16-21-19-12-24-16/h4-6,11-12,14,20H,7-10H2,1-3H3. The molecule has 7 nitrogen and oxygen atoms in total. The molecule has 2 aromatic rings. The van der Waals surface area contributed by atoms with Crippen molar-refractivity contribution in [3.8, 4) is 11.5 Å². The molecule has 2 heterocycles. The summed E-state index contributed by atoms with van der Waals surface area (Å²) in [4.78, 5) is 13.9. The molecule has 0 radical (unpaired) electrons. The van der Waals surface area contributed by atoms with E-state index in [1.54, 1.807) is 4.90 Å². The molecule has 0 aliphatic carbocycles. The number of nitrogens with zero attached hydrogens (tertiary/aromatic N) is 3.